The Morgan fingerprint density at radius 2 is 1.96 bits per heavy atom. The van der Waals surface area contributed by atoms with Crippen molar-refractivity contribution in [1.82, 2.24) is 10.2 Å². The maximum atomic E-state index is 12.5. The van der Waals surface area contributed by atoms with Crippen molar-refractivity contribution in [2.45, 2.75) is 25.8 Å². The van der Waals surface area contributed by atoms with Crippen molar-refractivity contribution in [3.8, 4) is 5.75 Å². The highest BCUT2D eigenvalue weighted by Crippen LogP contribution is 2.19. The van der Waals surface area contributed by atoms with Crippen LogP contribution in [0.2, 0.25) is 0 Å². The molecule has 23 heavy (non-hydrogen) atoms. The molecule has 2 amide bonds. The Labute approximate surface area is 135 Å². The first-order chi connectivity index (χ1) is 11.0. The Bertz CT molecular complexity index is 504. The summed E-state index contributed by atoms with van der Waals surface area (Å²) in [5.74, 6) is -0.314. The van der Waals surface area contributed by atoms with Gasteiger partial charge in [-0.2, -0.15) is 0 Å². The third kappa shape index (κ3) is 6.15. The van der Waals surface area contributed by atoms with Gasteiger partial charge in [-0.05, 0) is 24.1 Å². The van der Waals surface area contributed by atoms with E-state index in [2.05, 4.69) is 5.32 Å². The van der Waals surface area contributed by atoms with Gasteiger partial charge in [-0.15, -0.1) is 0 Å². The molecule has 1 aromatic rings. The van der Waals surface area contributed by atoms with Gasteiger partial charge in [0.2, 0.25) is 5.91 Å². The van der Waals surface area contributed by atoms with Gasteiger partial charge < -0.3 is 25.2 Å². The number of alkyl carbamates (subject to hydrolysis) is 1. The lowest BCUT2D eigenvalue weighted by Crippen LogP contribution is -2.42. The van der Waals surface area contributed by atoms with Crippen molar-refractivity contribution in [3.05, 3.63) is 29.8 Å². The largest absolute Gasteiger partial charge is 0.508 e. The second kappa shape index (κ2) is 9.68. The van der Waals surface area contributed by atoms with Crippen LogP contribution < -0.4 is 5.32 Å². The zero-order valence-corrected chi connectivity index (χ0v) is 13.5. The summed E-state index contributed by atoms with van der Waals surface area (Å²) in [4.78, 5) is 25.6. The summed E-state index contributed by atoms with van der Waals surface area (Å²) in [6.07, 6.45) is 0.963. The van der Waals surface area contributed by atoms with E-state index >= 15 is 0 Å². The molecule has 0 spiro atoms. The van der Waals surface area contributed by atoms with Crippen molar-refractivity contribution in [2.75, 3.05) is 26.8 Å². The number of phenolic OH excluding ortho intramolecular Hbond substituents is 1. The van der Waals surface area contributed by atoms with Crippen molar-refractivity contribution in [2.24, 2.45) is 0 Å². The monoisotopic (exact) mass is 324 g/mol. The first-order valence-corrected chi connectivity index (χ1v) is 7.57. The Hall–Kier alpha value is -2.28. The predicted molar refractivity (Wildman–Crippen MR) is 85.0 cm³/mol. The lowest BCUT2D eigenvalue weighted by atomic mass is 10.1. The predicted octanol–water partition coefficient (Wildman–Crippen LogP) is 1.41. The molecule has 0 aromatic heterocycles. The molecule has 0 heterocycles. The smallest absolute Gasteiger partial charge is 0.408 e. The number of hydrogen-bond donors (Lipinski definition) is 3. The van der Waals surface area contributed by atoms with E-state index in [0.717, 1.165) is 12.8 Å². The minimum Gasteiger partial charge on any atom is -0.508 e. The Morgan fingerprint density at radius 1 is 1.30 bits per heavy atom. The second-order valence-electron chi connectivity index (χ2n) is 5.14. The van der Waals surface area contributed by atoms with Gasteiger partial charge in [0.15, 0.2) is 0 Å². The van der Waals surface area contributed by atoms with Gasteiger partial charge in [0.05, 0.1) is 13.2 Å². The normalized spacial score (nSPS) is 11.6. The van der Waals surface area contributed by atoms with Crippen LogP contribution in [-0.2, 0) is 9.53 Å². The van der Waals surface area contributed by atoms with Gasteiger partial charge in [0.25, 0.3) is 0 Å². The molecule has 0 aliphatic carbocycles. The molecule has 128 valence electrons. The number of carbonyl (C=O) groups excluding carboxylic acids is 2. The Balaban J connectivity index is 2.85. The summed E-state index contributed by atoms with van der Waals surface area (Å²) in [5.41, 5.74) is 0.519. The summed E-state index contributed by atoms with van der Waals surface area (Å²) in [6.45, 7) is 2.24. The van der Waals surface area contributed by atoms with Crippen LogP contribution in [0.1, 0.15) is 31.4 Å². The number of amides is 2. The highest BCUT2D eigenvalue weighted by Gasteiger charge is 2.26. The molecular formula is C16H24N2O5. The molecule has 0 aliphatic heterocycles. The first-order valence-electron chi connectivity index (χ1n) is 7.57. The first kappa shape index (κ1) is 18.8. The maximum absolute atomic E-state index is 12.5. The summed E-state index contributed by atoms with van der Waals surface area (Å²) < 4.78 is 5.03. The SMILES string of the molecule is CCCCOC(=O)N[C@@H](C(=O)N(C)CCO)c1ccc(O)cc1. The quantitative estimate of drug-likeness (QED) is 0.628. The highest BCUT2D eigenvalue weighted by atomic mass is 16.5. The molecule has 0 aliphatic rings. The van der Waals surface area contributed by atoms with E-state index in [1.807, 2.05) is 6.92 Å². The lowest BCUT2D eigenvalue weighted by molar-refractivity contribution is -0.132. The van der Waals surface area contributed by atoms with Crippen LogP contribution in [0.25, 0.3) is 0 Å². The van der Waals surface area contributed by atoms with Gasteiger partial charge >= 0.3 is 6.09 Å². The van der Waals surface area contributed by atoms with Gasteiger partial charge in [0, 0.05) is 13.6 Å². The number of aliphatic hydroxyl groups excluding tert-OH is 1. The number of aliphatic hydroxyl groups is 1. The third-order valence-electron chi connectivity index (χ3n) is 3.28. The lowest BCUT2D eigenvalue weighted by Gasteiger charge is -2.24. The van der Waals surface area contributed by atoms with E-state index in [-0.39, 0.29) is 31.4 Å². The van der Waals surface area contributed by atoms with E-state index in [1.54, 1.807) is 12.1 Å². The van der Waals surface area contributed by atoms with Crippen LogP contribution in [0.15, 0.2) is 24.3 Å². The molecule has 3 N–H and O–H groups in total. The van der Waals surface area contributed by atoms with Gasteiger partial charge in [-0.25, -0.2) is 4.79 Å². The van der Waals surface area contributed by atoms with Crippen molar-refractivity contribution in [1.29, 1.82) is 0 Å². The summed E-state index contributed by atoms with van der Waals surface area (Å²) in [7, 11) is 1.54. The number of ether oxygens (including phenoxy) is 1. The fraction of sp³-hybridized carbons (Fsp3) is 0.500. The van der Waals surface area contributed by atoms with Gasteiger partial charge in [-0.1, -0.05) is 25.5 Å². The molecule has 1 aromatic carbocycles. The van der Waals surface area contributed by atoms with E-state index in [4.69, 9.17) is 9.84 Å². The fourth-order valence-electron chi connectivity index (χ4n) is 1.90. The van der Waals surface area contributed by atoms with Crippen molar-refractivity contribution >= 4 is 12.0 Å². The zero-order chi connectivity index (χ0) is 17.2. The number of hydrogen-bond acceptors (Lipinski definition) is 5. The fourth-order valence-corrected chi connectivity index (χ4v) is 1.90. The van der Waals surface area contributed by atoms with Gasteiger partial charge in [0.1, 0.15) is 11.8 Å². The van der Waals surface area contributed by atoms with E-state index in [9.17, 15) is 14.7 Å². The van der Waals surface area contributed by atoms with Crippen molar-refractivity contribution in [3.63, 3.8) is 0 Å². The third-order valence-corrected chi connectivity index (χ3v) is 3.28. The maximum Gasteiger partial charge on any atom is 0.408 e. The molecule has 0 unspecified atom stereocenters. The van der Waals surface area contributed by atoms with Crippen LogP contribution in [0.3, 0.4) is 0 Å². The number of benzene rings is 1. The molecule has 1 rings (SSSR count). The molecule has 7 heteroatoms. The molecule has 0 bridgehead atoms. The van der Waals surface area contributed by atoms with Crippen LogP contribution in [0, 0.1) is 0 Å². The standard InChI is InChI=1S/C16H24N2O5/c1-3-4-11-23-16(22)17-14(15(21)18(2)9-10-19)12-5-7-13(20)8-6-12/h5-8,14,19-20H,3-4,9-11H2,1-2H3,(H,17,22)/t14-/m1/s1. The number of carbonyl (C=O) groups is 2. The van der Waals surface area contributed by atoms with Crippen LogP contribution in [0.5, 0.6) is 5.75 Å². The average molecular weight is 324 g/mol. The molecule has 0 saturated heterocycles. The number of phenols is 1. The number of likely N-dealkylation sites (N-methyl/N-ethyl adjacent to an activating group) is 1. The summed E-state index contributed by atoms with van der Waals surface area (Å²) in [6, 6.07) is 5.03. The molecule has 1 atom stereocenters. The molecule has 0 radical (unpaired) electrons. The summed E-state index contributed by atoms with van der Waals surface area (Å²) >= 11 is 0. The molecule has 7 nitrogen and oxygen atoms in total. The number of rotatable bonds is 8. The van der Waals surface area contributed by atoms with E-state index in [1.165, 1.54) is 24.1 Å². The number of nitrogens with one attached hydrogen (secondary N) is 1. The van der Waals surface area contributed by atoms with Gasteiger partial charge in [-0.3, -0.25) is 4.79 Å². The number of unbranched alkanes of at least 4 members (excludes halogenated alkanes) is 1. The van der Waals surface area contributed by atoms with E-state index < -0.39 is 12.1 Å². The van der Waals surface area contributed by atoms with Crippen LogP contribution in [-0.4, -0.2) is 53.9 Å². The minimum absolute atomic E-state index is 0.0641. The molecular weight excluding hydrogens is 300 g/mol. The number of nitrogens with zero attached hydrogens (tertiary/aromatic N) is 1. The van der Waals surface area contributed by atoms with E-state index in [0.29, 0.717) is 5.56 Å². The van der Waals surface area contributed by atoms with Crippen LogP contribution in [0.4, 0.5) is 4.79 Å². The molecule has 0 fully saturated rings. The summed E-state index contributed by atoms with van der Waals surface area (Å²) in [5, 5.41) is 20.9. The Morgan fingerprint density at radius 3 is 2.52 bits per heavy atom. The average Bonchev–Trinajstić information content (AvgIpc) is 2.53. The highest BCUT2D eigenvalue weighted by molar-refractivity contribution is 5.86. The molecule has 0 saturated carbocycles. The minimum atomic E-state index is -0.943. The Kier molecular flexibility index (Phi) is 7.90. The number of aromatic hydroxyl groups is 1. The second-order valence-corrected chi connectivity index (χ2v) is 5.14. The zero-order valence-electron chi connectivity index (χ0n) is 13.5. The topological polar surface area (TPSA) is 99.1 Å². The van der Waals surface area contributed by atoms with Crippen molar-refractivity contribution < 1.29 is 24.5 Å². The van der Waals surface area contributed by atoms with Crippen LogP contribution >= 0.6 is 0 Å².